The summed E-state index contributed by atoms with van der Waals surface area (Å²) in [6, 6.07) is 0.0937. The molecule has 0 amide bonds. The van der Waals surface area contributed by atoms with Crippen molar-refractivity contribution in [2.24, 2.45) is 12.9 Å². The first kappa shape index (κ1) is 15.5. The van der Waals surface area contributed by atoms with E-state index in [1.54, 1.807) is 10.9 Å². The van der Waals surface area contributed by atoms with Crippen LogP contribution in [0.5, 0.6) is 0 Å². The zero-order valence-corrected chi connectivity index (χ0v) is 12.2. The lowest BCUT2D eigenvalue weighted by Gasteiger charge is -2.16. The van der Waals surface area contributed by atoms with Crippen molar-refractivity contribution in [2.45, 2.75) is 57.9 Å². The number of hydrazine groups is 1. The van der Waals surface area contributed by atoms with Gasteiger partial charge in [-0.15, -0.1) is 0 Å². The van der Waals surface area contributed by atoms with Gasteiger partial charge in [0.05, 0.1) is 23.0 Å². The highest BCUT2D eigenvalue weighted by molar-refractivity contribution is 6.31. The Kier molecular flexibility index (Phi) is 7.32. The molecule has 0 aliphatic carbocycles. The van der Waals surface area contributed by atoms with E-state index in [-0.39, 0.29) is 6.04 Å². The van der Waals surface area contributed by atoms with Gasteiger partial charge in [0, 0.05) is 7.05 Å². The lowest BCUT2D eigenvalue weighted by molar-refractivity contribution is 0.452. The predicted octanol–water partition coefficient (Wildman–Crippen LogP) is 3.33. The van der Waals surface area contributed by atoms with Crippen molar-refractivity contribution in [3.8, 4) is 0 Å². The molecule has 1 rings (SSSR count). The quantitative estimate of drug-likeness (QED) is 0.412. The van der Waals surface area contributed by atoms with Crippen molar-refractivity contribution in [3.05, 3.63) is 16.9 Å². The molecule has 1 unspecified atom stereocenters. The third kappa shape index (κ3) is 4.59. The maximum Gasteiger partial charge on any atom is 0.0834 e. The zero-order valence-electron chi connectivity index (χ0n) is 11.5. The maximum atomic E-state index is 6.12. The average Bonchev–Trinajstić information content (AvgIpc) is 2.69. The Hall–Kier alpha value is -0.580. The topological polar surface area (TPSA) is 55.9 Å². The minimum absolute atomic E-state index is 0.0937. The van der Waals surface area contributed by atoms with Gasteiger partial charge in [0.15, 0.2) is 0 Å². The molecule has 4 nitrogen and oxygen atoms in total. The summed E-state index contributed by atoms with van der Waals surface area (Å²) >= 11 is 6.12. The van der Waals surface area contributed by atoms with E-state index in [1.807, 2.05) is 7.05 Å². The van der Waals surface area contributed by atoms with Crippen LogP contribution in [0.15, 0.2) is 6.20 Å². The number of nitrogens with two attached hydrogens (primary N) is 1. The third-order valence-electron chi connectivity index (χ3n) is 3.32. The molecule has 0 radical (unpaired) electrons. The molecule has 0 fully saturated rings. The average molecular weight is 273 g/mol. The summed E-state index contributed by atoms with van der Waals surface area (Å²) in [5.74, 6) is 5.61. The summed E-state index contributed by atoms with van der Waals surface area (Å²) < 4.78 is 1.80. The summed E-state index contributed by atoms with van der Waals surface area (Å²) in [5.41, 5.74) is 3.82. The van der Waals surface area contributed by atoms with Crippen LogP contribution in [-0.4, -0.2) is 9.78 Å². The van der Waals surface area contributed by atoms with Gasteiger partial charge < -0.3 is 0 Å². The van der Waals surface area contributed by atoms with E-state index in [2.05, 4.69) is 17.4 Å². The number of hydrogen-bond donors (Lipinski definition) is 2. The van der Waals surface area contributed by atoms with Gasteiger partial charge in [0.1, 0.15) is 0 Å². The first-order valence-corrected chi connectivity index (χ1v) is 7.22. The monoisotopic (exact) mass is 272 g/mol. The Labute approximate surface area is 115 Å². The van der Waals surface area contributed by atoms with Crippen LogP contribution in [-0.2, 0) is 7.05 Å². The molecule has 3 N–H and O–H groups in total. The van der Waals surface area contributed by atoms with Crippen LogP contribution in [0.4, 0.5) is 0 Å². The highest BCUT2D eigenvalue weighted by Gasteiger charge is 2.17. The van der Waals surface area contributed by atoms with Gasteiger partial charge in [-0.05, 0) is 6.42 Å². The summed E-state index contributed by atoms with van der Waals surface area (Å²) in [6.07, 6.45) is 10.4. The Balaban J connectivity index is 2.34. The summed E-state index contributed by atoms with van der Waals surface area (Å²) in [5, 5.41) is 4.83. The highest BCUT2D eigenvalue weighted by atomic mass is 35.5. The second kappa shape index (κ2) is 8.51. The van der Waals surface area contributed by atoms with Crippen LogP contribution in [0.1, 0.15) is 63.6 Å². The summed E-state index contributed by atoms with van der Waals surface area (Å²) in [7, 11) is 1.90. The van der Waals surface area contributed by atoms with Gasteiger partial charge in [0.2, 0.25) is 0 Å². The van der Waals surface area contributed by atoms with Crippen molar-refractivity contribution >= 4 is 11.6 Å². The standard InChI is InChI=1S/C13H25ClN4/c1-3-4-5-6-7-8-9-12(17-15)13-11(14)10-16-18(13)2/h10,12,17H,3-9,15H2,1-2H3. The number of unbranched alkanes of at least 4 members (excludes halogenated alkanes) is 5. The Morgan fingerprint density at radius 2 is 2.00 bits per heavy atom. The number of halogens is 1. The third-order valence-corrected chi connectivity index (χ3v) is 3.61. The molecule has 1 atom stereocenters. The van der Waals surface area contributed by atoms with E-state index in [9.17, 15) is 0 Å². The Bertz CT molecular complexity index is 318. The second-order valence-corrected chi connectivity index (χ2v) is 5.18. The van der Waals surface area contributed by atoms with Crippen molar-refractivity contribution in [3.63, 3.8) is 0 Å². The van der Waals surface area contributed by atoms with Gasteiger partial charge in [-0.3, -0.25) is 16.0 Å². The molecule has 1 aromatic heterocycles. The maximum absolute atomic E-state index is 6.12. The molecule has 0 saturated heterocycles. The van der Waals surface area contributed by atoms with Crippen LogP contribution in [0.3, 0.4) is 0 Å². The molecule has 0 bridgehead atoms. The molecule has 0 spiro atoms. The largest absolute Gasteiger partial charge is 0.271 e. The first-order valence-electron chi connectivity index (χ1n) is 6.84. The van der Waals surface area contributed by atoms with Crippen LogP contribution in [0.2, 0.25) is 5.02 Å². The number of hydrogen-bond acceptors (Lipinski definition) is 3. The number of nitrogens with zero attached hydrogens (tertiary/aromatic N) is 2. The van der Waals surface area contributed by atoms with E-state index in [0.29, 0.717) is 5.02 Å². The lowest BCUT2D eigenvalue weighted by atomic mass is 10.0. The lowest BCUT2D eigenvalue weighted by Crippen LogP contribution is -2.29. The molecule has 0 aromatic carbocycles. The normalized spacial score (nSPS) is 12.9. The SMILES string of the molecule is CCCCCCCCC(NN)c1c(Cl)cnn1C. The van der Waals surface area contributed by atoms with E-state index >= 15 is 0 Å². The summed E-state index contributed by atoms with van der Waals surface area (Å²) in [4.78, 5) is 0. The van der Waals surface area contributed by atoms with Crippen LogP contribution in [0.25, 0.3) is 0 Å². The molecular weight excluding hydrogens is 248 g/mol. The molecular formula is C13H25ClN4. The second-order valence-electron chi connectivity index (χ2n) is 4.78. The fraction of sp³-hybridized carbons (Fsp3) is 0.769. The molecule has 5 heteroatoms. The fourth-order valence-corrected chi connectivity index (χ4v) is 2.54. The van der Waals surface area contributed by atoms with Gasteiger partial charge in [-0.1, -0.05) is 57.0 Å². The number of nitrogens with one attached hydrogen (secondary N) is 1. The number of rotatable bonds is 9. The predicted molar refractivity (Wildman–Crippen MR) is 76.3 cm³/mol. The van der Waals surface area contributed by atoms with Crippen LogP contribution >= 0.6 is 11.6 Å². The number of aromatic nitrogens is 2. The van der Waals surface area contributed by atoms with Crippen molar-refractivity contribution in [1.29, 1.82) is 0 Å². The molecule has 0 aliphatic rings. The molecule has 1 aromatic rings. The van der Waals surface area contributed by atoms with Gasteiger partial charge in [-0.2, -0.15) is 5.10 Å². The molecule has 104 valence electrons. The molecule has 18 heavy (non-hydrogen) atoms. The minimum Gasteiger partial charge on any atom is -0.271 e. The van der Waals surface area contributed by atoms with Crippen LogP contribution in [0, 0.1) is 0 Å². The first-order chi connectivity index (χ1) is 8.70. The zero-order chi connectivity index (χ0) is 13.4. The Morgan fingerprint density at radius 3 is 2.56 bits per heavy atom. The molecule has 0 saturated carbocycles. The van der Waals surface area contributed by atoms with E-state index in [4.69, 9.17) is 17.4 Å². The van der Waals surface area contributed by atoms with Crippen molar-refractivity contribution < 1.29 is 0 Å². The van der Waals surface area contributed by atoms with Gasteiger partial charge >= 0.3 is 0 Å². The Morgan fingerprint density at radius 1 is 1.33 bits per heavy atom. The molecule has 1 heterocycles. The summed E-state index contributed by atoms with van der Waals surface area (Å²) in [6.45, 7) is 2.23. The van der Waals surface area contributed by atoms with Gasteiger partial charge in [0.25, 0.3) is 0 Å². The smallest absolute Gasteiger partial charge is 0.0834 e. The van der Waals surface area contributed by atoms with E-state index in [1.165, 1.54) is 38.5 Å². The van der Waals surface area contributed by atoms with Crippen molar-refractivity contribution in [1.82, 2.24) is 15.2 Å². The van der Waals surface area contributed by atoms with Crippen molar-refractivity contribution in [2.75, 3.05) is 0 Å². The van der Waals surface area contributed by atoms with E-state index < -0.39 is 0 Å². The number of aryl methyl sites for hydroxylation is 1. The van der Waals surface area contributed by atoms with Crippen LogP contribution < -0.4 is 11.3 Å². The van der Waals surface area contributed by atoms with E-state index in [0.717, 1.165) is 12.1 Å². The fourth-order valence-electron chi connectivity index (χ4n) is 2.24. The molecule has 0 aliphatic heterocycles. The van der Waals surface area contributed by atoms with Gasteiger partial charge in [-0.25, -0.2) is 0 Å². The minimum atomic E-state index is 0.0937. The highest BCUT2D eigenvalue weighted by Crippen LogP contribution is 2.25.